The molecular formula is C35H43FN2O. The molecular weight excluding hydrogens is 483 g/mol. The molecule has 1 saturated carbocycles. The molecule has 0 radical (unpaired) electrons. The number of hydrogen-bond donors (Lipinski definition) is 1. The van der Waals surface area contributed by atoms with Crippen LogP contribution in [0.1, 0.15) is 60.4 Å². The molecule has 4 heteroatoms. The van der Waals surface area contributed by atoms with Gasteiger partial charge in [0.15, 0.2) is 0 Å². The molecule has 0 spiro atoms. The Hall–Kier alpha value is -2.95. The first kappa shape index (κ1) is 27.6. The topological polar surface area (TPSA) is 26.7 Å². The lowest BCUT2D eigenvalue weighted by Gasteiger charge is -2.40. The van der Waals surface area contributed by atoms with Crippen molar-refractivity contribution < 1.29 is 9.50 Å². The molecule has 1 aliphatic carbocycles. The zero-order valence-electron chi connectivity index (χ0n) is 23.7. The van der Waals surface area contributed by atoms with Crippen molar-refractivity contribution in [1.29, 1.82) is 0 Å². The number of para-hydroxylation sites is 1. The van der Waals surface area contributed by atoms with E-state index in [2.05, 4.69) is 66.1 Å². The lowest BCUT2D eigenvalue weighted by atomic mass is 9.81. The van der Waals surface area contributed by atoms with Gasteiger partial charge in [-0.1, -0.05) is 60.7 Å². The third-order valence-corrected chi connectivity index (χ3v) is 8.77. The number of likely N-dealkylation sites (tertiary alicyclic amines) is 1. The molecule has 5 rings (SSSR count). The average molecular weight is 527 g/mol. The van der Waals surface area contributed by atoms with Gasteiger partial charge in [0.05, 0.1) is 6.10 Å². The molecule has 1 N–H and O–H groups in total. The number of anilines is 1. The van der Waals surface area contributed by atoms with Crippen molar-refractivity contribution in [1.82, 2.24) is 4.90 Å². The van der Waals surface area contributed by atoms with E-state index in [1.54, 1.807) is 6.07 Å². The maximum Gasteiger partial charge on any atom is 0.131 e. The fourth-order valence-electron chi connectivity index (χ4n) is 6.51. The van der Waals surface area contributed by atoms with Gasteiger partial charge in [-0.3, -0.25) is 4.90 Å². The first-order chi connectivity index (χ1) is 18.9. The van der Waals surface area contributed by atoms with E-state index in [9.17, 15) is 9.50 Å². The number of piperidine rings is 1. The minimum absolute atomic E-state index is 0.0984. The zero-order valence-corrected chi connectivity index (χ0v) is 23.7. The van der Waals surface area contributed by atoms with Gasteiger partial charge in [0.2, 0.25) is 0 Å². The second-order valence-corrected chi connectivity index (χ2v) is 11.7. The molecule has 2 fully saturated rings. The number of hydrogen-bond acceptors (Lipinski definition) is 3. The van der Waals surface area contributed by atoms with E-state index >= 15 is 0 Å². The maximum atomic E-state index is 14.5. The van der Waals surface area contributed by atoms with Crippen LogP contribution in [0.25, 0.3) is 5.57 Å². The molecule has 3 aromatic rings. The third-order valence-electron chi connectivity index (χ3n) is 8.77. The number of benzene rings is 3. The Morgan fingerprint density at radius 2 is 1.59 bits per heavy atom. The summed E-state index contributed by atoms with van der Waals surface area (Å²) in [7, 11) is 0. The number of aliphatic hydroxyl groups excluding tert-OH is 1. The van der Waals surface area contributed by atoms with E-state index < -0.39 is 0 Å². The molecule has 1 heterocycles. The Kier molecular flexibility index (Phi) is 8.84. The highest BCUT2D eigenvalue weighted by Gasteiger charge is 2.30. The van der Waals surface area contributed by atoms with E-state index in [0.29, 0.717) is 17.4 Å². The number of nitrogens with zero attached hydrogens (tertiary/aromatic N) is 2. The molecule has 1 saturated heterocycles. The maximum absolute atomic E-state index is 14.5. The van der Waals surface area contributed by atoms with Gasteiger partial charge in [0, 0.05) is 30.9 Å². The monoisotopic (exact) mass is 526 g/mol. The number of aryl methyl sites for hydroxylation is 2. The number of aliphatic hydroxyl groups is 1. The summed E-state index contributed by atoms with van der Waals surface area (Å²) >= 11 is 0. The van der Waals surface area contributed by atoms with Crippen molar-refractivity contribution in [3.05, 3.63) is 106 Å². The van der Waals surface area contributed by atoms with Crippen LogP contribution in [-0.2, 0) is 6.54 Å². The molecule has 0 aromatic heterocycles. The quantitative estimate of drug-likeness (QED) is 0.315. The standard InChI is InChI=1S/C35H43FN2O/c1-4-31(33-10-6-7-11-34(33)36)32-14-13-28(19-26(32)3)22-37-17-15-27(16-18-37)23-38(24-29-20-30(39)21-29)35-12-8-5-9-25(35)2/h4-14,19,27,29-30,39H,15-18,20-24H2,1-3H3/b31-4+. The number of allylic oxidation sites excluding steroid dienone is 1. The van der Waals surface area contributed by atoms with Gasteiger partial charge in [0.25, 0.3) is 0 Å². The fourth-order valence-corrected chi connectivity index (χ4v) is 6.51. The molecule has 0 unspecified atom stereocenters. The highest BCUT2D eigenvalue weighted by atomic mass is 19.1. The predicted octanol–water partition coefficient (Wildman–Crippen LogP) is 7.38. The molecule has 0 bridgehead atoms. The van der Waals surface area contributed by atoms with Gasteiger partial charge >= 0.3 is 0 Å². The van der Waals surface area contributed by atoms with Crippen LogP contribution in [0.2, 0.25) is 0 Å². The summed E-state index contributed by atoms with van der Waals surface area (Å²) in [4.78, 5) is 5.18. The second kappa shape index (κ2) is 12.5. The Labute approximate surface area is 234 Å². The summed E-state index contributed by atoms with van der Waals surface area (Å²) in [5.41, 5.74) is 7.91. The molecule has 3 nitrogen and oxygen atoms in total. The minimum Gasteiger partial charge on any atom is -0.393 e. The summed E-state index contributed by atoms with van der Waals surface area (Å²) < 4.78 is 14.5. The van der Waals surface area contributed by atoms with E-state index in [0.717, 1.165) is 56.7 Å². The number of halogens is 1. The summed E-state index contributed by atoms with van der Waals surface area (Å²) in [6, 6.07) is 22.4. The summed E-state index contributed by atoms with van der Waals surface area (Å²) in [5, 5.41) is 9.82. The van der Waals surface area contributed by atoms with E-state index in [4.69, 9.17) is 0 Å². The first-order valence-electron chi connectivity index (χ1n) is 14.6. The van der Waals surface area contributed by atoms with E-state index in [1.807, 2.05) is 25.1 Å². The van der Waals surface area contributed by atoms with E-state index in [1.165, 1.54) is 41.3 Å². The molecule has 3 aromatic carbocycles. The van der Waals surface area contributed by atoms with Crippen LogP contribution in [0.5, 0.6) is 0 Å². The van der Waals surface area contributed by atoms with Crippen LogP contribution in [0.15, 0.2) is 72.8 Å². The van der Waals surface area contributed by atoms with Gasteiger partial charge < -0.3 is 10.0 Å². The molecule has 2 aliphatic rings. The van der Waals surface area contributed by atoms with Crippen LogP contribution < -0.4 is 4.90 Å². The largest absolute Gasteiger partial charge is 0.393 e. The smallest absolute Gasteiger partial charge is 0.131 e. The SMILES string of the molecule is C/C=C(\c1ccc(CN2CCC(CN(CC3CC(O)C3)c3ccccc3C)CC2)cc1C)c1ccccc1F. The molecule has 0 atom stereocenters. The van der Waals surface area contributed by atoms with Crippen LogP contribution in [0.3, 0.4) is 0 Å². The van der Waals surface area contributed by atoms with Crippen molar-refractivity contribution >= 4 is 11.3 Å². The summed E-state index contributed by atoms with van der Waals surface area (Å²) in [6.07, 6.45) is 6.21. The van der Waals surface area contributed by atoms with Crippen LogP contribution in [0, 0.1) is 31.5 Å². The lowest BCUT2D eigenvalue weighted by Crippen LogP contribution is -2.43. The van der Waals surface area contributed by atoms with Gasteiger partial charge in [-0.2, -0.15) is 0 Å². The minimum atomic E-state index is -0.178. The molecule has 0 amide bonds. The summed E-state index contributed by atoms with van der Waals surface area (Å²) in [6.45, 7) is 11.7. The zero-order chi connectivity index (χ0) is 27.4. The molecule has 206 valence electrons. The first-order valence-corrected chi connectivity index (χ1v) is 14.6. The van der Waals surface area contributed by atoms with E-state index in [-0.39, 0.29) is 11.9 Å². The summed E-state index contributed by atoms with van der Waals surface area (Å²) in [5.74, 6) is 1.11. The van der Waals surface area contributed by atoms with Crippen molar-refractivity contribution in [3.63, 3.8) is 0 Å². The van der Waals surface area contributed by atoms with Crippen molar-refractivity contribution in [3.8, 4) is 0 Å². The normalized spacial score (nSPS) is 20.6. The third kappa shape index (κ3) is 6.62. The average Bonchev–Trinajstić information content (AvgIpc) is 2.91. The Morgan fingerprint density at radius 1 is 0.897 bits per heavy atom. The highest BCUT2D eigenvalue weighted by molar-refractivity contribution is 5.81. The molecule has 1 aliphatic heterocycles. The second-order valence-electron chi connectivity index (χ2n) is 11.7. The van der Waals surface area contributed by atoms with Gasteiger partial charge in [-0.15, -0.1) is 0 Å². The number of rotatable bonds is 9. The van der Waals surface area contributed by atoms with Gasteiger partial charge in [-0.25, -0.2) is 4.39 Å². The Bertz CT molecular complexity index is 1290. The van der Waals surface area contributed by atoms with Crippen molar-refractivity contribution in [2.45, 2.75) is 59.1 Å². The van der Waals surface area contributed by atoms with Gasteiger partial charge in [-0.05, 0) is 111 Å². The highest BCUT2D eigenvalue weighted by Crippen LogP contribution is 2.33. The van der Waals surface area contributed by atoms with Crippen LogP contribution in [-0.4, -0.2) is 42.3 Å². The molecule has 39 heavy (non-hydrogen) atoms. The van der Waals surface area contributed by atoms with Crippen molar-refractivity contribution in [2.24, 2.45) is 11.8 Å². The fraction of sp³-hybridized carbons (Fsp3) is 0.429. The van der Waals surface area contributed by atoms with Crippen molar-refractivity contribution in [2.75, 3.05) is 31.1 Å². The van der Waals surface area contributed by atoms with Crippen LogP contribution in [0.4, 0.5) is 10.1 Å². The predicted molar refractivity (Wildman–Crippen MR) is 160 cm³/mol. The Morgan fingerprint density at radius 3 is 2.26 bits per heavy atom. The Balaban J connectivity index is 1.19. The lowest BCUT2D eigenvalue weighted by molar-refractivity contribution is 0.0454. The van der Waals surface area contributed by atoms with Gasteiger partial charge in [0.1, 0.15) is 5.82 Å². The van der Waals surface area contributed by atoms with Crippen LogP contribution >= 0.6 is 0 Å².